The van der Waals surface area contributed by atoms with Gasteiger partial charge in [-0.15, -0.1) is 0 Å². The van der Waals surface area contributed by atoms with Crippen molar-refractivity contribution in [1.29, 1.82) is 0 Å². The van der Waals surface area contributed by atoms with Crippen molar-refractivity contribution in [3.05, 3.63) is 35.9 Å². The van der Waals surface area contributed by atoms with E-state index < -0.39 is 10.8 Å². The van der Waals surface area contributed by atoms with Crippen molar-refractivity contribution >= 4 is 16.8 Å². The van der Waals surface area contributed by atoms with Gasteiger partial charge in [-0.25, -0.2) is 0 Å². The molecule has 88 valence electrons. The molecule has 2 unspecified atom stereocenters. The van der Waals surface area contributed by atoms with E-state index >= 15 is 0 Å². The van der Waals surface area contributed by atoms with Crippen molar-refractivity contribution in [2.45, 2.75) is 13.5 Å². The Morgan fingerprint density at radius 3 is 2.56 bits per heavy atom. The predicted octanol–water partition coefficient (Wildman–Crippen LogP) is 1.74. The zero-order valence-electron chi connectivity index (χ0n) is 9.51. The Labute approximate surface area is 98.3 Å². The van der Waals surface area contributed by atoms with Gasteiger partial charge in [0.05, 0.1) is 5.92 Å². The molecule has 0 amide bonds. The molecule has 0 aliphatic heterocycles. The van der Waals surface area contributed by atoms with Crippen LogP contribution in [0.4, 0.5) is 0 Å². The van der Waals surface area contributed by atoms with Crippen molar-refractivity contribution < 1.29 is 13.7 Å². The van der Waals surface area contributed by atoms with E-state index in [1.54, 1.807) is 13.2 Å². The van der Waals surface area contributed by atoms with Crippen LogP contribution in [0.15, 0.2) is 30.3 Å². The molecule has 0 heterocycles. The maximum absolute atomic E-state index is 11.5. The third-order valence-corrected chi connectivity index (χ3v) is 3.08. The Bertz CT molecular complexity index is 362. The second kappa shape index (κ2) is 6.43. The third kappa shape index (κ3) is 4.57. The molecule has 1 aromatic rings. The molecule has 0 N–H and O–H groups in total. The molecule has 0 saturated heterocycles. The minimum Gasteiger partial charge on any atom is -0.461 e. The van der Waals surface area contributed by atoms with E-state index in [1.807, 2.05) is 30.3 Å². The molecule has 0 aromatic heterocycles. The highest BCUT2D eigenvalue weighted by molar-refractivity contribution is 7.84. The fourth-order valence-electron chi connectivity index (χ4n) is 1.29. The molecule has 0 fully saturated rings. The van der Waals surface area contributed by atoms with E-state index in [4.69, 9.17) is 4.74 Å². The van der Waals surface area contributed by atoms with Gasteiger partial charge >= 0.3 is 5.97 Å². The summed E-state index contributed by atoms with van der Waals surface area (Å²) in [5.74, 6) is -0.248. The Balaban J connectivity index is 2.38. The molecule has 3 nitrogen and oxygen atoms in total. The predicted molar refractivity (Wildman–Crippen MR) is 64.3 cm³/mol. The molecular weight excluding hydrogens is 224 g/mol. The summed E-state index contributed by atoms with van der Waals surface area (Å²) in [5, 5.41) is 0. The molecular formula is C12H16O3S. The summed E-state index contributed by atoms with van der Waals surface area (Å²) in [7, 11) is -0.965. The fraction of sp³-hybridized carbons (Fsp3) is 0.417. The molecule has 4 heteroatoms. The normalized spacial score (nSPS) is 14.1. The minimum absolute atomic E-state index is 0.278. The summed E-state index contributed by atoms with van der Waals surface area (Å²) in [6, 6.07) is 9.50. The van der Waals surface area contributed by atoms with Crippen LogP contribution in [-0.2, 0) is 26.9 Å². The summed E-state index contributed by atoms with van der Waals surface area (Å²) >= 11 is 0. The fourth-order valence-corrected chi connectivity index (χ4v) is 2.13. The third-order valence-electron chi connectivity index (χ3n) is 2.11. The maximum atomic E-state index is 11.5. The lowest BCUT2D eigenvalue weighted by molar-refractivity contribution is -0.148. The highest BCUT2D eigenvalue weighted by atomic mass is 32.2. The van der Waals surface area contributed by atoms with E-state index in [-0.39, 0.29) is 18.5 Å². The van der Waals surface area contributed by atoms with Gasteiger partial charge in [0.2, 0.25) is 0 Å². The molecule has 0 saturated carbocycles. The summed E-state index contributed by atoms with van der Waals surface area (Å²) in [6.45, 7) is 2.01. The Morgan fingerprint density at radius 2 is 2.00 bits per heavy atom. The lowest BCUT2D eigenvalue weighted by atomic mass is 10.2. The summed E-state index contributed by atoms with van der Waals surface area (Å²) < 4.78 is 16.1. The first-order valence-electron chi connectivity index (χ1n) is 5.10. The maximum Gasteiger partial charge on any atom is 0.309 e. The van der Waals surface area contributed by atoms with E-state index in [2.05, 4.69) is 0 Å². The van der Waals surface area contributed by atoms with E-state index in [9.17, 15) is 9.00 Å². The van der Waals surface area contributed by atoms with Crippen LogP contribution in [0.3, 0.4) is 0 Å². The van der Waals surface area contributed by atoms with Gasteiger partial charge in [0.1, 0.15) is 6.61 Å². The van der Waals surface area contributed by atoms with Crippen LogP contribution in [0, 0.1) is 5.92 Å². The second-order valence-electron chi connectivity index (χ2n) is 3.73. The average Bonchev–Trinajstić information content (AvgIpc) is 2.26. The van der Waals surface area contributed by atoms with Crippen LogP contribution < -0.4 is 0 Å². The van der Waals surface area contributed by atoms with E-state index in [0.717, 1.165) is 5.56 Å². The highest BCUT2D eigenvalue weighted by Gasteiger charge is 2.15. The standard InChI is InChI=1S/C12H16O3S/c1-10(9-16(2)14)12(13)15-8-11-6-4-3-5-7-11/h3-7,10H,8-9H2,1-2H3. The zero-order valence-corrected chi connectivity index (χ0v) is 10.3. The lowest BCUT2D eigenvalue weighted by Gasteiger charge is -2.09. The monoisotopic (exact) mass is 240 g/mol. The SMILES string of the molecule is CC(CS(C)=O)C(=O)OCc1ccccc1. The largest absolute Gasteiger partial charge is 0.461 e. The first-order valence-corrected chi connectivity index (χ1v) is 6.83. The summed E-state index contributed by atoms with van der Waals surface area (Å²) in [6.07, 6.45) is 1.58. The first kappa shape index (κ1) is 12.9. The van der Waals surface area contributed by atoms with Gasteiger partial charge in [0.15, 0.2) is 0 Å². The highest BCUT2D eigenvalue weighted by Crippen LogP contribution is 2.05. The molecule has 0 aliphatic carbocycles. The number of rotatable bonds is 5. The van der Waals surface area contributed by atoms with Crippen molar-refractivity contribution in [1.82, 2.24) is 0 Å². The number of carbonyl (C=O) groups is 1. The van der Waals surface area contributed by atoms with Crippen molar-refractivity contribution in [2.24, 2.45) is 5.92 Å². The molecule has 0 bridgehead atoms. The second-order valence-corrected chi connectivity index (χ2v) is 5.21. The summed E-state index contributed by atoms with van der Waals surface area (Å²) in [4.78, 5) is 11.5. The Morgan fingerprint density at radius 1 is 1.38 bits per heavy atom. The Hall–Kier alpha value is -1.16. The molecule has 2 atom stereocenters. The quantitative estimate of drug-likeness (QED) is 0.736. The number of hydrogen-bond donors (Lipinski definition) is 0. The minimum atomic E-state index is -0.965. The van der Waals surface area contributed by atoms with Crippen LogP contribution in [-0.4, -0.2) is 22.2 Å². The van der Waals surface area contributed by atoms with Crippen LogP contribution in [0.2, 0.25) is 0 Å². The van der Waals surface area contributed by atoms with Gasteiger partial charge in [-0.1, -0.05) is 37.3 Å². The molecule has 1 rings (SSSR count). The van der Waals surface area contributed by atoms with Gasteiger partial charge < -0.3 is 4.74 Å². The molecule has 0 radical (unpaired) electrons. The zero-order chi connectivity index (χ0) is 12.0. The van der Waals surface area contributed by atoms with Gasteiger partial charge in [-0.2, -0.15) is 0 Å². The molecule has 0 spiro atoms. The molecule has 1 aromatic carbocycles. The van der Waals surface area contributed by atoms with Crippen LogP contribution >= 0.6 is 0 Å². The number of esters is 1. The topological polar surface area (TPSA) is 43.4 Å². The first-order chi connectivity index (χ1) is 7.59. The van der Waals surface area contributed by atoms with Gasteiger partial charge in [0, 0.05) is 22.8 Å². The lowest BCUT2D eigenvalue weighted by Crippen LogP contribution is -2.20. The number of carbonyl (C=O) groups excluding carboxylic acids is 1. The van der Waals surface area contributed by atoms with Crippen LogP contribution in [0.25, 0.3) is 0 Å². The summed E-state index contributed by atoms with van der Waals surface area (Å²) in [5.41, 5.74) is 0.959. The van der Waals surface area contributed by atoms with Crippen molar-refractivity contribution in [3.63, 3.8) is 0 Å². The molecule has 0 aliphatic rings. The van der Waals surface area contributed by atoms with Gasteiger partial charge in [-0.05, 0) is 5.56 Å². The van der Waals surface area contributed by atoms with Crippen LogP contribution in [0.5, 0.6) is 0 Å². The van der Waals surface area contributed by atoms with Gasteiger partial charge in [-0.3, -0.25) is 9.00 Å². The Kier molecular flexibility index (Phi) is 5.19. The number of benzene rings is 1. The number of ether oxygens (including phenoxy) is 1. The van der Waals surface area contributed by atoms with Gasteiger partial charge in [0.25, 0.3) is 0 Å². The average molecular weight is 240 g/mol. The van der Waals surface area contributed by atoms with E-state index in [0.29, 0.717) is 5.75 Å². The van der Waals surface area contributed by atoms with E-state index in [1.165, 1.54) is 0 Å². The van der Waals surface area contributed by atoms with Crippen molar-refractivity contribution in [3.8, 4) is 0 Å². The van der Waals surface area contributed by atoms with Crippen molar-refractivity contribution in [2.75, 3.05) is 12.0 Å². The number of hydrogen-bond acceptors (Lipinski definition) is 3. The smallest absolute Gasteiger partial charge is 0.309 e. The molecule has 16 heavy (non-hydrogen) atoms. The van der Waals surface area contributed by atoms with Crippen LogP contribution in [0.1, 0.15) is 12.5 Å².